The summed E-state index contributed by atoms with van der Waals surface area (Å²) in [6, 6.07) is 13.1. The van der Waals surface area contributed by atoms with E-state index in [2.05, 4.69) is 36.6 Å². The lowest BCUT2D eigenvalue weighted by atomic mass is 10.1. The Hall–Kier alpha value is -4.93. The van der Waals surface area contributed by atoms with Gasteiger partial charge in [-0.15, -0.1) is 11.3 Å². The SMILES string of the molecule is CNCC(=O)N[C@@H](Cc1ccc(F)cc1)c1nc(C(=O)N[C@@H](CCCCN)C(=O)N[C@@H](CCCN=C(N)N)C(=O)NCCc2ccccc2)cs1. The van der Waals surface area contributed by atoms with E-state index in [-0.39, 0.29) is 55.2 Å². The zero-order valence-electron chi connectivity index (χ0n) is 28.8. The zero-order valence-corrected chi connectivity index (χ0v) is 29.6. The van der Waals surface area contributed by atoms with Gasteiger partial charge in [-0.2, -0.15) is 0 Å². The molecule has 3 atom stereocenters. The minimum atomic E-state index is -0.989. The van der Waals surface area contributed by atoms with Crippen LogP contribution in [0.2, 0.25) is 0 Å². The number of nitrogens with two attached hydrogens (primary N) is 3. The quantitative estimate of drug-likeness (QED) is 0.0420. The highest BCUT2D eigenvalue weighted by Gasteiger charge is 2.28. The van der Waals surface area contributed by atoms with Crippen molar-refractivity contribution in [1.29, 1.82) is 0 Å². The number of hydrogen-bond donors (Lipinski definition) is 8. The van der Waals surface area contributed by atoms with Crippen molar-refractivity contribution in [2.75, 3.05) is 33.2 Å². The van der Waals surface area contributed by atoms with Crippen molar-refractivity contribution in [3.63, 3.8) is 0 Å². The molecule has 0 fully saturated rings. The molecule has 0 saturated heterocycles. The molecule has 11 N–H and O–H groups in total. The molecular weight excluding hydrogens is 676 g/mol. The van der Waals surface area contributed by atoms with Crippen LogP contribution in [0.25, 0.3) is 0 Å². The van der Waals surface area contributed by atoms with Gasteiger partial charge in [0.05, 0.1) is 12.6 Å². The Bertz CT molecular complexity index is 1570. The standard InChI is InChI=1S/C35H49FN10O4S/c1-40-21-30(47)43-28(20-24-12-14-25(36)15-13-24)34-46-29(22-51-34)33(50)45-27(10-5-6-17-37)32(49)44-26(11-7-18-42-35(38)39)31(48)41-19-16-23-8-3-2-4-9-23/h2-4,8-9,12-15,22,26-28,40H,5-7,10-11,16-21,37H2,1H3,(H,41,48)(H,43,47)(H,44,49)(H,45,50)(H4,38,39,42)/t26-,27-,28-/m0/s1. The van der Waals surface area contributed by atoms with Crippen LogP contribution in [0.5, 0.6) is 0 Å². The Labute approximate surface area is 301 Å². The fourth-order valence-electron chi connectivity index (χ4n) is 5.15. The number of carbonyl (C=O) groups is 4. The molecule has 0 radical (unpaired) electrons. The monoisotopic (exact) mass is 724 g/mol. The summed E-state index contributed by atoms with van der Waals surface area (Å²) in [5.41, 5.74) is 18.5. The van der Waals surface area contributed by atoms with Gasteiger partial charge in [0.2, 0.25) is 17.7 Å². The van der Waals surface area contributed by atoms with Gasteiger partial charge in [-0.05, 0) is 81.8 Å². The summed E-state index contributed by atoms with van der Waals surface area (Å²) in [5.74, 6) is -2.22. The number of amides is 4. The highest BCUT2D eigenvalue weighted by atomic mass is 32.1. The molecule has 2 aromatic carbocycles. The van der Waals surface area contributed by atoms with E-state index in [1.165, 1.54) is 23.5 Å². The maximum Gasteiger partial charge on any atom is 0.271 e. The van der Waals surface area contributed by atoms with E-state index in [9.17, 15) is 23.6 Å². The number of aliphatic imine (C=N–C) groups is 1. The molecule has 0 bridgehead atoms. The van der Waals surface area contributed by atoms with E-state index in [1.807, 2.05) is 30.3 Å². The van der Waals surface area contributed by atoms with Crippen molar-refractivity contribution >= 4 is 40.9 Å². The van der Waals surface area contributed by atoms with Crippen LogP contribution in [0.1, 0.15) is 64.8 Å². The van der Waals surface area contributed by atoms with Gasteiger partial charge in [-0.1, -0.05) is 42.5 Å². The van der Waals surface area contributed by atoms with E-state index < -0.39 is 29.9 Å². The first-order chi connectivity index (χ1) is 24.6. The van der Waals surface area contributed by atoms with Crippen LogP contribution in [0.3, 0.4) is 0 Å². The number of nitrogens with zero attached hydrogens (tertiary/aromatic N) is 2. The average Bonchev–Trinajstić information content (AvgIpc) is 3.61. The van der Waals surface area contributed by atoms with Crippen LogP contribution in [0.15, 0.2) is 65.0 Å². The van der Waals surface area contributed by atoms with Crippen molar-refractivity contribution in [1.82, 2.24) is 31.6 Å². The fourth-order valence-corrected chi connectivity index (χ4v) is 6.00. The number of nitrogens with one attached hydrogen (secondary N) is 5. The molecule has 16 heteroatoms. The van der Waals surface area contributed by atoms with Crippen LogP contribution >= 0.6 is 11.3 Å². The Balaban J connectivity index is 1.74. The summed E-state index contributed by atoms with van der Waals surface area (Å²) in [5, 5.41) is 16.2. The maximum atomic E-state index is 13.7. The topological polar surface area (TPSA) is 232 Å². The molecule has 14 nitrogen and oxygen atoms in total. The summed E-state index contributed by atoms with van der Waals surface area (Å²) >= 11 is 1.18. The van der Waals surface area contributed by atoms with Crippen LogP contribution in [-0.2, 0) is 27.2 Å². The minimum Gasteiger partial charge on any atom is -0.370 e. The molecule has 0 aliphatic heterocycles. The summed E-state index contributed by atoms with van der Waals surface area (Å²) in [4.78, 5) is 61.4. The fraction of sp³-hybridized carbons (Fsp3) is 0.429. The van der Waals surface area contributed by atoms with Gasteiger partial charge in [0.15, 0.2) is 5.96 Å². The predicted octanol–water partition coefficient (Wildman–Crippen LogP) is 1.03. The van der Waals surface area contributed by atoms with E-state index in [4.69, 9.17) is 17.2 Å². The van der Waals surface area contributed by atoms with Gasteiger partial charge in [0.1, 0.15) is 28.6 Å². The summed E-state index contributed by atoms with van der Waals surface area (Å²) < 4.78 is 13.5. The number of rotatable bonds is 22. The number of halogens is 1. The first-order valence-electron chi connectivity index (χ1n) is 16.9. The maximum absolute atomic E-state index is 13.7. The largest absolute Gasteiger partial charge is 0.370 e. The molecule has 276 valence electrons. The Morgan fingerprint density at radius 2 is 1.59 bits per heavy atom. The van der Waals surface area contributed by atoms with Gasteiger partial charge in [0.25, 0.3) is 5.91 Å². The van der Waals surface area contributed by atoms with E-state index >= 15 is 0 Å². The Kier molecular flexibility index (Phi) is 17.5. The number of aromatic nitrogens is 1. The molecular formula is C35H49FN10O4S. The summed E-state index contributed by atoms with van der Waals surface area (Å²) in [6.45, 7) is 1.11. The molecule has 0 spiro atoms. The molecule has 0 aliphatic carbocycles. The molecule has 3 aromatic rings. The van der Waals surface area contributed by atoms with Crippen LogP contribution < -0.4 is 43.8 Å². The number of benzene rings is 2. The van der Waals surface area contributed by atoms with Crippen molar-refractivity contribution in [2.24, 2.45) is 22.2 Å². The van der Waals surface area contributed by atoms with E-state index in [0.29, 0.717) is 50.2 Å². The first-order valence-corrected chi connectivity index (χ1v) is 17.8. The van der Waals surface area contributed by atoms with Crippen molar-refractivity contribution < 1.29 is 23.6 Å². The van der Waals surface area contributed by atoms with Gasteiger partial charge >= 0.3 is 0 Å². The van der Waals surface area contributed by atoms with Gasteiger partial charge in [-0.25, -0.2) is 9.37 Å². The molecule has 0 saturated carbocycles. The summed E-state index contributed by atoms with van der Waals surface area (Å²) in [7, 11) is 1.65. The van der Waals surface area contributed by atoms with E-state index in [0.717, 1.165) is 11.1 Å². The number of likely N-dealkylation sites (N-methyl/N-ethyl adjacent to an activating group) is 1. The van der Waals surface area contributed by atoms with E-state index in [1.54, 1.807) is 24.6 Å². The number of thiazole rings is 1. The Morgan fingerprint density at radius 3 is 2.27 bits per heavy atom. The second-order valence-corrected chi connectivity index (χ2v) is 12.8. The summed E-state index contributed by atoms with van der Waals surface area (Å²) in [6.07, 6.45) is 3.05. The van der Waals surface area contributed by atoms with Crippen LogP contribution in [0.4, 0.5) is 4.39 Å². The lowest BCUT2D eigenvalue weighted by Gasteiger charge is -2.23. The Morgan fingerprint density at radius 1 is 0.882 bits per heavy atom. The molecule has 0 aliphatic rings. The van der Waals surface area contributed by atoms with Crippen molar-refractivity contribution in [3.8, 4) is 0 Å². The van der Waals surface area contributed by atoms with Crippen LogP contribution in [-0.4, -0.2) is 79.9 Å². The highest BCUT2D eigenvalue weighted by Crippen LogP contribution is 2.23. The third-order valence-corrected chi connectivity index (χ3v) is 8.74. The van der Waals surface area contributed by atoms with Gasteiger partial charge in [0, 0.05) is 18.5 Å². The third-order valence-electron chi connectivity index (χ3n) is 7.78. The second kappa shape index (κ2) is 22.0. The zero-order chi connectivity index (χ0) is 37.0. The lowest BCUT2D eigenvalue weighted by molar-refractivity contribution is -0.130. The highest BCUT2D eigenvalue weighted by molar-refractivity contribution is 7.09. The number of guanidine groups is 1. The third kappa shape index (κ3) is 14.8. The van der Waals surface area contributed by atoms with Crippen LogP contribution in [0, 0.1) is 5.82 Å². The average molecular weight is 725 g/mol. The normalized spacial score (nSPS) is 12.6. The number of hydrogen-bond acceptors (Lipinski definition) is 9. The van der Waals surface area contributed by atoms with Crippen molar-refractivity contribution in [2.45, 2.75) is 63.1 Å². The molecule has 4 amide bonds. The number of unbranched alkanes of at least 4 members (excludes halogenated alkanes) is 1. The smallest absolute Gasteiger partial charge is 0.271 e. The predicted molar refractivity (Wildman–Crippen MR) is 196 cm³/mol. The first kappa shape index (κ1) is 40.5. The molecule has 51 heavy (non-hydrogen) atoms. The molecule has 3 rings (SSSR count). The molecule has 1 aromatic heterocycles. The minimum absolute atomic E-state index is 0.0611. The van der Waals surface area contributed by atoms with Gasteiger partial charge < -0.3 is 43.8 Å². The second-order valence-electron chi connectivity index (χ2n) is 11.9. The van der Waals surface area contributed by atoms with Gasteiger partial charge in [-0.3, -0.25) is 24.2 Å². The van der Waals surface area contributed by atoms with Crippen molar-refractivity contribution in [3.05, 3.63) is 87.6 Å². The molecule has 0 unspecified atom stereocenters. The number of carbonyl (C=O) groups excluding carboxylic acids is 4. The lowest BCUT2D eigenvalue weighted by Crippen LogP contribution is -2.54. The molecule has 1 heterocycles.